The number of hydrogen-bond donors (Lipinski definition) is 3. The lowest BCUT2D eigenvalue weighted by molar-refractivity contribution is 0.0499. The van der Waals surface area contributed by atoms with Crippen LogP contribution in [0.15, 0.2) is 18.2 Å². The molecule has 1 saturated carbocycles. The van der Waals surface area contributed by atoms with Gasteiger partial charge in [-0.3, -0.25) is 0 Å². The van der Waals surface area contributed by atoms with E-state index >= 15 is 0 Å². The van der Waals surface area contributed by atoms with Crippen LogP contribution in [0.5, 0.6) is 0 Å². The van der Waals surface area contributed by atoms with Gasteiger partial charge in [0, 0.05) is 25.2 Å². The minimum absolute atomic E-state index is 0.0381. The van der Waals surface area contributed by atoms with E-state index in [2.05, 4.69) is 16.3 Å². The standard InChI is InChI=1S/C20H29F2N5O/c21-17-9-6-10-18(22)16(17)13-26-14-20(24-25-26,27-12-11-23-19(27)28)15-7-4-2-1-3-5-8-15/h6,9-10,15,24-25H,1-5,7-8,11-14H2,(H,23,28). The fourth-order valence-electron chi connectivity index (χ4n) is 4.91. The van der Waals surface area contributed by atoms with Crippen LogP contribution in [0.4, 0.5) is 13.6 Å². The Morgan fingerprint density at radius 1 is 1.07 bits per heavy atom. The minimum Gasteiger partial charge on any atom is -0.336 e. The summed E-state index contributed by atoms with van der Waals surface area (Å²) in [6.45, 7) is 1.83. The molecule has 2 aliphatic heterocycles. The molecule has 2 saturated heterocycles. The van der Waals surface area contributed by atoms with E-state index in [1.54, 1.807) is 5.01 Å². The Balaban J connectivity index is 1.57. The zero-order valence-corrected chi connectivity index (χ0v) is 16.1. The number of urea groups is 1. The topological polar surface area (TPSA) is 59.6 Å². The van der Waals surface area contributed by atoms with Crippen LogP contribution in [-0.2, 0) is 6.54 Å². The second-order valence-corrected chi connectivity index (χ2v) is 8.14. The molecule has 1 unspecified atom stereocenters. The minimum atomic E-state index is -0.570. The summed E-state index contributed by atoms with van der Waals surface area (Å²) in [5, 5.41) is 4.69. The lowest BCUT2D eigenvalue weighted by atomic mass is 9.80. The number of carbonyl (C=O) groups excluding carboxylic acids is 1. The Morgan fingerprint density at radius 2 is 1.75 bits per heavy atom. The first-order valence-corrected chi connectivity index (χ1v) is 10.4. The predicted molar refractivity (Wildman–Crippen MR) is 102 cm³/mol. The number of nitrogens with one attached hydrogen (secondary N) is 3. The van der Waals surface area contributed by atoms with Crippen LogP contribution in [0, 0.1) is 17.6 Å². The molecule has 2 heterocycles. The third kappa shape index (κ3) is 3.73. The summed E-state index contributed by atoms with van der Waals surface area (Å²) in [4.78, 5) is 14.4. The average Bonchev–Trinajstić information content (AvgIpc) is 3.25. The van der Waals surface area contributed by atoms with E-state index in [4.69, 9.17) is 0 Å². The maximum Gasteiger partial charge on any atom is 0.319 e. The van der Waals surface area contributed by atoms with Crippen molar-refractivity contribution in [2.45, 2.75) is 57.2 Å². The number of rotatable bonds is 4. The lowest BCUT2D eigenvalue weighted by Crippen LogP contribution is -2.64. The second kappa shape index (κ2) is 8.31. The van der Waals surface area contributed by atoms with Crippen LogP contribution in [0.3, 0.4) is 0 Å². The van der Waals surface area contributed by atoms with Gasteiger partial charge in [-0.1, -0.05) is 38.2 Å². The quantitative estimate of drug-likeness (QED) is 0.736. The van der Waals surface area contributed by atoms with Crippen LogP contribution in [0.25, 0.3) is 0 Å². The van der Waals surface area contributed by atoms with Crippen molar-refractivity contribution in [3.63, 3.8) is 0 Å². The highest BCUT2D eigenvalue weighted by molar-refractivity contribution is 5.77. The van der Waals surface area contributed by atoms with E-state index in [1.807, 2.05) is 4.90 Å². The van der Waals surface area contributed by atoms with E-state index in [9.17, 15) is 13.6 Å². The van der Waals surface area contributed by atoms with Crippen molar-refractivity contribution in [1.29, 1.82) is 0 Å². The number of benzene rings is 1. The van der Waals surface area contributed by atoms with Crippen molar-refractivity contribution < 1.29 is 13.6 Å². The van der Waals surface area contributed by atoms with Gasteiger partial charge in [-0.2, -0.15) is 5.53 Å². The summed E-state index contributed by atoms with van der Waals surface area (Å²) in [5.74, 6) is -0.812. The number of nitrogens with zero attached hydrogens (tertiary/aromatic N) is 2. The molecule has 8 heteroatoms. The molecular weight excluding hydrogens is 364 g/mol. The van der Waals surface area contributed by atoms with Gasteiger partial charge in [0.25, 0.3) is 0 Å². The first-order chi connectivity index (χ1) is 13.6. The fourth-order valence-corrected chi connectivity index (χ4v) is 4.91. The van der Waals surface area contributed by atoms with Crippen molar-refractivity contribution in [2.24, 2.45) is 5.92 Å². The third-order valence-corrected chi connectivity index (χ3v) is 6.39. The Kier molecular flexibility index (Phi) is 5.80. The molecule has 3 N–H and O–H groups in total. The molecule has 4 rings (SSSR count). The van der Waals surface area contributed by atoms with E-state index in [1.165, 1.54) is 37.5 Å². The summed E-state index contributed by atoms with van der Waals surface area (Å²) >= 11 is 0. The molecule has 3 aliphatic rings. The molecule has 154 valence electrons. The Labute approximate surface area is 164 Å². The van der Waals surface area contributed by atoms with Crippen LogP contribution < -0.4 is 16.3 Å². The van der Waals surface area contributed by atoms with Gasteiger partial charge >= 0.3 is 6.03 Å². The zero-order chi connectivity index (χ0) is 19.6. The van der Waals surface area contributed by atoms with Gasteiger partial charge in [0.2, 0.25) is 0 Å². The number of amides is 2. The summed E-state index contributed by atoms with van der Waals surface area (Å²) in [6.07, 6.45) is 8.08. The molecule has 1 atom stereocenters. The van der Waals surface area contributed by atoms with Crippen molar-refractivity contribution in [3.05, 3.63) is 35.4 Å². The van der Waals surface area contributed by atoms with Crippen LogP contribution in [-0.4, -0.2) is 41.2 Å². The number of hydrazine groups is 2. The van der Waals surface area contributed by atoms with Crippen LogP contribution in [0.2, 0.25) is 0 Å². The van der Waals surface area contributed by atoms with Crippen molar-refractivity contribution in [1.82, 2.24) is 26.2 Å². The van der Waals surface area contributed by atoms with Crippen LogP contribution >= 0.6 is 0 Å². The summed E-state index contributed by atoms with van der Waals surface area (Å²) < 4.78 is 28.2. The SMILES string of the molecule is O=C1NCCN1C1(C2CCCCCCC2)CN(Cc2c(F)cccc2F)NN1. The molecule has 0 radical (unpaired) electrons. The predicted octanol–water partition coefficient (Wildman–Crippen LogP) is 2.87. The van der Waals surface area contributed by atoms with Gasteiger partial charge < -0.3 is 10.2 Å². The van der Waals surface area contributed by atoms with Gasteiger partial charge in [-0.25, -0.2) is 24.0 Å². The molecule has 3 fully saturated rings. The van der Waals surface area contributed by atoms with Crippen molar-refractivity contribution >= 4 is 6.03 Å². The number of hydrogen-bond acceptors (Lipinski definition) is 4. The molecule has 6 nitrogen and oxygen atoms in total. The summed E-state index contributed by atoms with van der Waals surface area (Å²) in [6, 6.07) is 3.85. The van der Waals surface area contributed by atoms with E-state index < -0.39 is 17.3 Å². The Bertz CT molecular complexity index is 690. The molecule has 1 aromatic carbocycles. The van der Waals surface area contributed by atoms with E-state index in [0.29, 0.717) is 25.6 Å². The monoisotopic (exact) mass is 393 g/mol. The number of carbonyl (C=O) groups is 1. The van der Waals surface area contributed by atoms with E-state index in [0.717, 1.165) is 25.7 Å². The van der Waals surface area contributed by atoms with E-state index in [-0.39, 0.29) is 18.1 Å². The summed E-state index contributed by atoms with van der Waals surface area (Å²) in [7, 11) is 0. The molecule has 1 aliphatic carbocycles. The zero-order valence-electron chi connectivity index (χ0n) is 16.1. The fraction of sp³-hybridized carbons (Fsp3) is 0.650. The molecule has 28 heavy (non-hydrogen) atoms. The average molecular weight is 393 g/mol. The number of halogens is 2. The largest absolute Gasteiger partial charge is 0.336 e. The molecule has 0 aromatic heterocycles. The van der Waals surface area contributed by atoms with Gasteiger partial charge in [0.05, 0.1) is 6.54 Å². The Hall–Kier alpha value is -1.77. The lowest BCUT2D eigenvalue weighted by Gasteiger charge is -2.44. The third-order valence-electron chi connectivity index (χ3n) is 6.39. The van der Waals surface area contributed by atoms with Crippen LogP contribution in [0.1, 0.15) is 50.5 Å². The molecule has 0 bridgehead atoms. The highest BCUT2D eigenvalue weighted by Gasteiger charge is 2.51. The van der Waals surface area contributed by atoms with Crippen molar-refractivity contribution in [2.75, 3.05) is 19.6 Å². The van der Waals surface area contributed by atoms with Crippen molar-refractivity contribution in [3.8, 4) is 0 Å². The maximum absolute atomic E-state index is 14.1. The maximum atomic E-state index is 14.1. The first kappa shape index (κ1) is 19.5. The highest BCUT2D eigenvalue weighted by atomic mass is 19.1. The van der Waals surface area contributed by atoms with Gasteiger partial charge in [-0.05, 0) is 30.9 Å². The molecule has 2 amide bonds. The van der Waals surface area contributed by atoms with Gasteiger partial charge in [-0.15, -0.1) is 0 Å². The van der Waals surface area contributed by atoms with Gasteiger partial charge in [0.1, 0.15) is 17.3 Å². The molecule has 0 spiro atoms. The second-order valence-electron chi connectivity index (χ2n) is 8.14. The smallest absolute Gasteiger partial charge is 0.319 e. The van der Waals surface area contributed by atoms with Gasteiger partial charge in [0.15, 0.2) is 0 Å². The first-order valence-electron chi connectivity index (χ1n) is 10.4. The molecule has 1 aromatic rings. The summed E-state index contributed by atoms with van der Waals surface area (Å²) in [5.41, 5.74) is 5.94. The highest BCUT2D eigenvalue weighted by Crippen LogP contribution is 2.36. The molecular formula is C20H29F2N5O. The Morgan fingerprint density at radius 3 is 2.39 bits per heavy atom. The normalized spacial score (nSPS) is 27.6.